The molecule has 0 aliphatic carbocycles. The van der Waals surface area contributed by atoms with Crippen LogP contribution in [0.25, 0.3) is 0 Å². The first-order valence-electron chi connectivity index (χ1n) is 6.82. The van der Waals surface area contributed by atoms with E-state index in [9.17, 15) is 4.79 Å². The van der Waals surface area contributed by atoms with Gasteiger partial charge in [-0.1, -0.05) is 36.4 Å². The summed E-state index contributed by atoms with van der Waals surface area (Å²) in [7, 11) is 0. The molecule has 0 saturated carbocycles. The van der Waals surface area contributed by atoms with Gasteiger partial charge in [0.2, 0.25) is 0 Å². The largest absolute Gasteiger partial charge is 0.478 e. The minimum Gasteiger partial charge on any atom is -0.478 e. The van der Waals surface area contributed by atoms with Gasteiger partial charge in [0.05, 0.1) is 11.6 Å². The first-order chi connectivity index (χ1) is 9.65. The van der Waals surface area contributed by atoms with E-state index in [0.717, 1.165) is 12.0 Å². The Labute approximate surface area is 118 Å². The van der Waals surface area contributed by atoms with Crippen LogP contribution in [0, 0.1) is 0 Å². The number of aromatic carboxylic acids is 1. The van der Waals surface area contributed by atoms with Crippen molar-refractivity contribution in [2.45, 2.75) is 25.4 Å². The highest BCUT2D eigenvalue weighted by Crippen LogP contribution is 2.30. The number of carbonyl (C=O) groups is 1. The van der Waals surface area contributed by atoms with Gasteiger partial charge in [0, 0.05) is 6.04 Å². The molecule has 0 unspecified atom stereocenters. The van der Waals surface area contributed by atoms with E-state index < -0.39 is 5.97 Å². The molecule has 0 radical (unpaired) electrons. The van der Waals surface area contributed by atoms with Gasteiger partial charge >= 0.3 is 5.97 Å². The molecule has 1 aliphatic rings. The van der Waals surface area contributed by atoms with Crippen LogP contribution in [0.4, 0.5) is 0 Å². The second kappa shape index (κ2) is 5.10. The van der Waals surface area contributed by atoms with Crippen LogP contribution < -0.4 is 5.32 Å². The first kappa shape index (κ1) is 12.9. The molecule has 3 nitrogen and oxygen atoms in total. The lowest BCUT2D eigenvalue weighted by atomic mass is 9.87. The van der Waals surface area contributed by atoms with Crippen molar-refractivity contribution < 1.29 is 9.90 Å². The lowest BCUT2D eigenvalue weighted by molar-refractivity contribution is 0.0697. The molecule has 2 atom stereocenters. The predicted molar refractivity (Wildman–Crippen MR) is 78.0 cm³/mol. The molecule has 0 amide bonds. The average molecular weight is 267 g/mol. The van der Waals surface area contributed by atoms with Gasteiger partial charge in [-0.25, -0.2) is 4.79 Å². The zero-order chi connectivity index (χ0) is 14.1. The van der Waals surface area contributed by atoms with E-state index in [4.69, 9.17) is 5.11 Å². The second-order valence-corrected chi connectivity index (χ2v) is 5.33. The van der Waals surface area contributed by atoms with Gasteiger partial charge < -0.3 is 10.4 Å². The molecule has 0 aromatic heterocycles. The van der Waals surface area contributed by atoms with Crippen molar-refractivity contribution in [2.75, 3.05) is 0 Å². The monoisotopic (exact) mass is 267 g/mol. The summed E-state index contributed by atoms with van der Waals surface area (Å²) in [5.74, 6) is -0.887. The van der Waals surface area contributed by atoms with E-state index in [1.165, 1.54) is 11.1 Å². The van der Waals surface area contributed by atoms with Crippen molar-refractivity contribution in [1.82, 2.24) is 5.32 Å². The Balaban J connectivity index is 1.99. The lowest BCUT2D eigenvalue weighted by Gasteiger charge is -2.31. The maximum atomic E-state index is 10.9. The predicted octanol–water partition coefficient (Wildman–Crippen LogP) is 3.01. The van der Waals surface area contributed by atoms with Crippen LogP contribution in [0.1, 0.15) is 40.0 Å². The molecule has 3 heteroatoms. The molecule has 0 fully saturated rings. The number of benzene rings is 2. The van der Waals surface area contributed by atoms with E-state index in [2.05, 4.69) is 36.5 Å². The second-order valence-electron chi connectivity index (χ2n) is 5.33. The molecule has 2 N–H and O–H groups in total. The number of hydrogen-bond donors (Lipinski definition) is 2. The zero-order valence-electron chi connectivity index (χ0n) is 11.3. The zero-order valence-corrected chi connectivity index (χ0v) is 11.3. The molecule has 2 aromatic carbocycles. The Morgan fingerprint density at radius 1 is 1.15 bits per heavy atom. The average Bonchev–Trinajstić information content (AvgIpc) is 2.46. The normalized spacial score (nSPS) is 21.2. The summed E-state index contributed by atoms with van der Waals surface area (Å²) in [4.78, 5) is 10.9. The summed E-state index contributed by atoms with van der Waals surface area (Å²) < 4.78 is 0. The van der Waals surface area contributed by atoms with Crippen molar-refractivity contribution in [3.05, 3.63) is 70.8 Å². The third-order valence-electron chi connectivity index (χ3n) is 3.83. The standard InChI is InChI=1S/C17H17NO2/c1-11-10-14-4-2-3-5-15(14)16(18-11)12-6-8-13(9-7-12)17(19)20/h2-9,11,16,18H,10H2,1H3,(H,19,20)/t11-,16+/m0/s1. The van der Waals surface area contributed by atoms with Crippen molar-refractivity contribution in [3.63, 3.8) is 0 Å². The number of hydrogen-bond acceptors (Lipinski definition) is 2. The van der Waals surface area contributed by atoms with Crippen LogP contribution in [0.5, 0.6) is 0 Å². The van der Waals surface area contributed by atoms with Crippen LogP contribution in [-0.2, 0) is 6.42 Å². The van der Waals surface area contributed by atoms with Gasteiger partial charge in [-0.3, -0.25) is 0 Å². The molecule has 1 heterocycles. The van der Waals surface area contributed by atoms with Crippen LogP contribution in [0.15, 0.2) is 48.5 Å². The van der Waals surface area contributed by atoms with Crippen molar-refractivity contribution in [1.29, 1.82) is 0 Å². The number of fused-ring (bicyclic) bond motifs is 1. The molecule has 2 aromatic rings. The summed E-state index contributed by atoms with van der Waals surface area (Å²) in [5, 5.41) is 12.6. The van der Waals surface area contributed by atoms with Crippen molar-refractivity contribution in [2.24, 2.45) is 0 Å². The Morgan fingerprint density at radius 2 is 1.85 bits per heavy atom. The summed E-state index contributed by atoms with van der Waals surface area (Å²) >= 11 is 0. The molecular formula is C17H17NO2. The smallest absolute Gasteiger partial charge is 0.335 e. The Morgan fingerprint density at radius 3 is 2.55 bits per heavy atom. The third kappa shape index (κ3) is 2.32. The molecule has 102 valence electrons. The van der Waals surface area contributed by atoms with Gasteiger partial charge in [0.25, 0.3) is 0 Å². The Kier molecular flexibility index (Phi) is 3.28. The molecule has 0 saturated heterocycles. The fourth-order valence-corrected chi connectivity index (χ4v) is 2.86. The summed E-state index contributed by atoms with van der Waals surface area (Å²) in [6.07, 6.45) is 1.03. The maximum Gasteiger partial charge on any atom is 0.335 e. The fraction of sp³-hybridized carbons (Fsp3) is 0.235. The molecule has 0 spiro atoms. The van der Waals surface area contributed by atoms with E-state index in [1.807, 2.05) is 12.1 Å². The molecular weight excluding hydrogens is 250 g/mol. The summed E-state index contributed by atoms with van der Waals surface area (Å²) in [6, 6.07) is 16.1. The maximum absolute atomic E-state index is 10.9. The van der Waals surface area contributed by atoms with E-state index >= 15 is 0 Å². The highest BCUT2D eigenvalue weighted by molar-refractivity contribution is 5.87. The Bertz CT molecular complexity index is 634. The number of carboxylic acid groups (broad SMARTS) is 1. The molecule has 0 bridgehead atoms. The van der Waals surface area contributed by atoms with Gasteiger partial charge in [-0.15, -0.1) is 0 Å². The lowest BCUT2D eigenvalue weighted by Crippen LogP contribution is -2.37. The highest BCUT2D eigenvalue weighted by atomic mass is 16.4. The minimum absolute atomic E-state index is 0.137. The number of nitrogens with one attached hydrogen (secondary N) is 1. The van der Waals surface area contributed by atoms with Crippen LogP contribution in [-0.4, -0.2) is 17.1 Å². The van der Waals surface area contributed by atoms with Gasteiger partial charge in [0.15, 0.2) is 0 Å². The van der Waals surface area contributed by atoms with Gasteiger partial charge in [-0.05, 0) is 42.2 Å². The quantitative estimate of drug-likeness (QED) is 0.879. The van der Waals surface area contributed by atoms with Crippen LogP contribution in [0.2, 0.25) is 0 Å². The summed E-state index contributed by atoms with van der Waals surface area (Å²) in [6.45, 7) is 2.18. The van der Waals surface area contributed by atoms with Crippen molar-refractivity contribution in [3.8, 4) is 0 Å². The molecule has 20 heavy (non-hydrogen) atoms. The number of carboxylic acids is 1. The van der Waals surface area contributed by atoms with Crippen LogP contribution in [0.3, 0.4) is 0 Å². The van der Waals surface area contributed by atoms with E-state index in [-0.39, 0.29) is 6.04 Å². The van der Waals surface area contributed by atoms with Gasteiger partial charge in [-0.2, -0.15) is 0 Å². The number of rotatable bonds is 2. The topological polar surface area (TPSA) is 49.3 Å². The van der Waals surface area contributed by atoms with Gasteiger partial charge in [0.1, 0.15) is 0 Å². The van der Waals surface area contributed by atoms with Crippen molar-refractivity contribution >= 4 is 5.97 Å². The SMILES string of the molecule is C[C@H]1Cc2ccccc2[C@@H](c2ccc(C(=O)O)cc2)N1. The van der Waals surface area contributed by atoms with E-state index in [1.54, 1.807) is 12.1 Å². The Hall–Kier alpha value is -2.13. The van der Waals surface area contributed by atoms with E-state index in [0.29, 0.717) is 11.6 Å². The first-order valence-corrected chi connectivity index (χ1v) is 6.82. The molecule has 1 aliphatic heterocycles. The fourth-order valence-electron chi connectivity index (χ4n) is 2.86. The summed E-state index contributed by atoms with van der Waals surface area (Å²) in [5.41, 5.74) is 4.08. The minimum atomic E-state index is -0.887. The van der Waals surface area contributed by atoms with Crippen LogP contribution >= 0.6 is 0 Å². The highest BCUT2D eigenvalue weighted by Gasteiger charge is 2.24. The molecule has 3 rings (SSSR count). The third-order valence-corrected chi connectivity index (χ3v) is 3.83.